The number of Topliss-reactive ketones (excluding diaryl/α,β-unsaturated/α-hetero) is 1. The van der Waals surface area contributed by atoms with E-state index in [-0.39, 0.29) is 21.3 Å². The molecule has 0 saturated heterocycles. The van der Waals surface area contributed by atoms with Crippen LogP contribution in [0.2, 0.25) is 10.0 Å². The minimum atomic E-state index is -0.294. The zero-order valence-corrected chi connectivity index (χ0v) is 17.8. The van der Waals surface area contributed by atoms with Gasteiger partial charge in [0.15, 0.2) is 5.78 Å². The summed E-state index contributed by atoms with van der Waals surface area (Å²) in [5.74, 6) is 0.986. The van der Waals surface area contributed by atoms with Crippen LogP contribution < -0.4 is 0 Å². The number of carbonyl (C=O) groups excluding carboxylic acids is 1. The standard InChI is InChI=1S/C21H20Cl2OS2/c1-25-20(11-17(20)13-3-7-15(22)8-4-13)19(24)21(26-2)12-18(21)14-5-9-16(23)10-6-14/h3-10,17-18H,11-12H2,1-2H3. The van der Waals surface area contributed by atoms with E-state index < -0.39 is 0 Å². The zero-order chi connectivity index (χ0) is 18.5. The lowest BCUT2D eigenvalue weighted by Crippen LogP contribution is -2.33. The molecule has 5 heteroatoms. The highest BCUT2D eigenvalue weighted by atomic mass is 35.5. The van der Waals surface area contributed by atoms with E-state index in [1.807, 2.05) is 24.3 Å². The Bertz CT molecular complexity index is 767. The normalized spacial score (nSPS) is 32.3. The SMILES string of the molecule is CSC1(C(=O)C2(SC)CC2c2ccc(Cl)cc2)CC1c1ccc(Cl)cc1. The van der Waals surface area contributed by atoms with Crippen molar-refractivity contribution in [2.24, 2.45) is 0 Å². The van der Waals surface area contributed by atoms with E-state index in [0.717, 1.165) is 22.9 Å². The van der Waals surface area contributed by atoms with Gasteiger partial charge in [-0.25, -0.2) is 0 Å². The van der Waals surface area contributed by atoms with E-state index in [1.165, 1.54) is 11.1 Å². The van der Waals surface area contributed by atoms with Crippen LogP contribution in [0.3, 0.4) is 0 Å². The third-order valence-corrected chi connectivity index (χ3v) is 9.10. The molecule has 0 spiro atoms. The first-order chi connectivity index (χ1) is 12.5. The maximum absolute atomic E-state index is 13.7. The number of thioether (sulfide) groups is 2. The second kappa shape index (κ2) is 6.77. The molecule has 2 fully saturated rings. The van der Waals surface area contributed by atoms with E-state index in [4.69, 9.17) is 23.2 Å². The summed E-state index contributed by atoms with van der Waals surface area (Å²) in [5.41, 5.74) is 2.44. The van der Waals surface area contributed by atoms with Gasteiger partial charge in [-0.2, -0.15) is 0 Å². The molecule has 0 bridgehead atoms. The molecule has 2 aromatic carbocycles. The summed E-state index contributed by atoms with van der Waals surface area (Å²) in [6.45, 7) is 0. The number of hydrogen-bond acceptors (Lipinski definition) is 3. The molecule has 2 saturated carbocycles. The Hall–Kier alpha value is -0.610. The van der Waals surface area contributed by atoms with Crippen LogP contribution in [0.1, 0.15) is 35.8 Å². The highest BCUT2D eigenvalue weighted by Gasteiger charge is 2.71. The maximum atomic E-state index is 13.7. The van der Waals surface area contributed by atoms with Crippen molar-refractivity contribution in [3.63, 3.8) is 0 Å². The van der Waals surface area contributed by atoms with Gasteiger partial charge in [0.2, 0.25) is 0 Å². The molecule has 2 aromatic rings. The van der Waals surface area contributed by atoms with Gasteiger partial charge < -0.3 is 0 Å². The molecule has 0 aliphatic heterocycles. The Kier molecular flexibility index (Phi) is 4.88. The highest BCUT2D eigenvalue weighted by Crippen LogP contribution is 2.69. The fraction of sp³-hybridized carbons (Fsp3) is 0.381. The number of halogens is 2. The lowest BCUT2D eigenvalue weighted by atomic mass is 10.0. The van der Waals surface area contributed by atoms with E-state index >= 15 is 0 Å². The van der Waals surface area contributed by atoms with Crippen molar-refractivity contribution in [3.8, 4) is 0 Å². The average Bonchev–Trinajstić information content (AvgIpc) is 3.56. The molecule has 136 valence electrons. The van der Waals surface area contributed by atoms with Crippen molar-refractivity contribution < 1.29 is 4.79 Å². The second-order valence-corrected chi connectivity index (χ2v) is 10.3. The Balaban J connectivity index is 1.59. The molecular formula is C21H20Cl2OS2. The van der Waals surface area contributed by atoms with Crippen LogP contribution >= 0.6 is 46.7 Å². The Morgan fingerprint density at radius 2 is 1.15 bits per heavy atom. The van der Waals surface area contributed by atoms with Gasteiger partial charge in [0.25, 0.3) is 0 Å². The second-order valence-electron chi connectivity index (χ2n) is 7.13. The molecule has 0 amide bonds. The molecule has 4 rings (SSSR count). The number of benzene rings is 2. The third kappa shape index (κ3) is 2.92. The van der Waals surface area contributed by atoms with Crippen LogP contribution in [0.5, 0.6) is 0 Å². The molecule has 0 heterocycles. The van der Waals surface area contributed by atoms with Crippen molar-refractivity contribution in [2.45, 2.75) is 34.2 Å². The first-order valence-corrected chi connectivity index (χ1v) is 11.8. The zero-order valence-electron chi connectivity index (χ0n) is 14.7. The maximum Gasteiger partial charge on any atom is 0.166 e. The predicted molar refractivity (Wildman–Crippen MR) is 115 cm³/mol. The van der Waals surface area contributed by atoms with Crippen molar-refractivity contribution in [3.05, 3.63) is 69.7 Å². The van der Waals surface area contributed by atoms with Gasteiger partial charge in [-0.3, -0.25) is 4.79 Å². The third-order valence-electron chi connectivity index (χ3n) is 5.86. The van der Waals surface area contributed by atoms with Crippen molar-refractivity contribution in [2.75, 3.05) is 12.5 Å². The number of hydrogen-bond donors (Lipinski definition) is 0. The van der Waals surface area contributed by atoms with Gasteiger partial charge in [0.05, 0.1) is 9.49 Å². The number of ketones is 1. The van der Waals surface area contributed by atoms with E-state index in [9.17, 15) is 4.79 Å². The van der Waals surface area contributed by atoms with Crippen LogP contribution in [-0.2, 0) is 4.79 Å². The summed E-state index contributed by atoms with van der Waals surface area (Å²) in [5, 5.41) is 1.47. The topological polar surface area (TPSA) is 17.1 Å². The van der Waals surface area contributed by atoms with Gasteiger partial charge in [-0.1, -0.05) is 47.5 Å². The molecule has 0 radical (unpaired) electrons. The predicted octanol–water partition coefficient (Wildman–Crippen LogP) is 6.44. The summed E-state index contributed by atoms with van der Waals surface area (Å²) >= 11 is 15.5. The molecule has 0 aromatic heterocycles. The first kappa shape index (κ1) is 18.7. The smallest absolute Gasteiger partial charge is 0.166 e. The van der Waals surface area contributed by atoms with E-state index in [1.54, 1.807) is 23.5 Å². The van der Waals surface area contributed by atoms with E-state index in [2.05, 4.69) is 36.8 Å². The first-order valence-electron chi connectivity index (χ1n) is 8.63. The van der Waals surface area contributed by atoms with Gasteiger partial charge in [-0.05, 0) is 60.7 Å². The molecule has 26 heavy (non-hydrogen) atoms. The lowest BCUT2D eigenvalue weighted by Gasteiger charge is -2.22. The van der Waals surface area contributed by atoms with Crippen LogP contribution in [0, 0.1) is 0 Å². The van der Waals surface area contributed by atoms with Crippen molar-refractivity contribution >= 4 is 52.5 Å². The number of carbonyl (C=O) groups is 1. The average molecular weight is 423 g/mol. The molecule has 2 aliphatic carbocycles. The van der Waals surface area contributed by atoms with Crippen LogP contribution in [-0.4, -0.2) is 27.8 Å². The quantitative estimate of drug-likeness (QED) is 0.532. The summed E-state index contributed by atoms with van der Waals surface area (Å²) in [7, 11) is 0. The fourth-order valence-corrected chi connectivity index (χ4v) is 6.71. The van der Waals surface area contributed by atoms with Gasteiger partial charge in [0, 0.05) is 21.9 Å². The van der Waals surface area contributed by atoms with Crippen molar-refractivity contribution in [1.29, 1.82) is 0 Å². The van der Waals surface area contributed by atoms with Gasteiger partial charge in [0.1, 0.15) is 0 Å². The molecule has 2 aliphatic rings. The largest absolute Gasteiger partial charge is 0.297 e. The van der Waals surface area contributed by atoms with Gasteiger partial charge >= 0.3 is 0 Å². The molecule has 1 nitrogen and oxygen atoms in total. The minimum Gasteiger partial charge on any atom is -0.297 e. The van der Waals surface area contributed by atoms with Crippen molar-refractivity contribution in [1.82, 2.24) is 0 Å². The molecule has 4 unspecified atom stereocenters. The lowest BCUT2D eigenvalue weighted by molar-refractivity contribution is -0.119. The number of rotatable bonds is 6. The van der Waals surface area contributed by atoms with Gasteiger partial charge in [-0.15, -0.1) is 23.5 Å². The molecule has 0 N–H and O–H groups in total. The highest BCUT2D eigenvalue weighted by molar-refractivity contribution is 8.02. The molecular weight excluding hydrogens is 403 g/mol. The summed E-state index contributed by atoms with van der Waals surface area (Å²) in [6.07, 6.45) is 5.98. The van der Waals surface area contributed by atoms with Crippen LogP contribution in [0.25, 0.3) is 0 Å². The monoisotopic (exact) mass is 422 g/mol. The summed E-state index contributed by atoms with van der Waals surface area (Å²) in [4.78, 5) is 13.7. The van der Waals surface area contributed by atoms with Crippen LogP contribution in [0.4, 0.5) is 0 Å². The molecule has 4 atom stereocenters. The minimum absolute atomic E-state index is 0.290. The summed E-state index contributed by atoms with van der Waals surface area (Å²) in [6, 6.07) is 15.9. The van der Waals surface area contributed by atoms with Crippen LogP contribution in [0.15, 0.2) is 48.5 Å². The fourth-order valence-electron chi connectivity index (χ4n) is 4.15. The Labute approximate surface area is 173 Å². The summed E-state index contributed by atoms with van der Waals surface area (Å²) < 4.78 is -0.587. The van der Waals surface area contributed by atoms with E-state index in [0.29, 0.717) is 5.78 Å². The Morgan fingerprint density at radius 1 is 0.808 bits per heavy atom. The Morgan fingerprint density at radius 3 is 1.46 bits per heavy atom.